The van der Waals surface area contributed by atoms with Gasteiger partial charge >= 0.3 is 12.1 Å². The number of carbonyl (C=O) groups excluding carboxylic acids is 3. The molecule has 2 atom stereocenters. The van der Waals surface area contributed by atoms with Crippen molar-refractivity contribution < 1.29 is 23.9 Å². The topological polar surface area (TPSA) is 118 Å². The molecule has 2 unspecified atom stereocenters. The van der Waals surface area contributed by atoms with Crippen LogP contribution in [0.3, 0.4) is 0 Å². The summed E-state index contributed by atoms with van der Waals surface area (Å²) in [4.78, 5) is 47.5. The molecule has 2 N–H and O–H groups in total. The molecule has 41 heavy (non-hydrogen) atoms. The van der Waals surface area contributed by atoms with Crippen LogP contribution in [0.4, 0.5) is 10.5 Å². The van der Waals surface area contributed by atoms with E-state index >= 15 is 0 Å². The van der Waals surface area contributed by atoms with Crippen molar-refractivity contribution in [1.29, 1.82) is 0 Å². The number of rotatable bonds is 8. The minimum absolute atomic E-state index is 0.105. The van der Waals surface area contributed by atoms with E-state index in [2.05, 4.69) is 14.8 Å². The number of fused-ring (bicyclic) bond motifs is 1. The average molecular weight is 558 g/mol. The second-order valence-electron chi connectivity index (χ2n) is 10.3. The van der Waals surface area contributed by atoms with Crippen molar-refractivity contribution in [1.82, 2.24) is 9.80 Å². The molecule has 2 heterocycles. The predicted octanol–water partition coefficient (Wildman–Crippen LogP) is 3.28. The Morgan fingerprint density at radius 3 is 2.39 bits per heavy atom. The summed E-state index contributed by atoms with van der Waals surface area (Å²) in [5.41, 5.74) is 7.88. The van der Waals surface area contributed by atoms with Crippen LogP contribution < -0.4 is 10.6 Å². The number of aliphatic imine (C=N–C) groups is 1. The second kappa shape index (κ2) is 12.5. The number of amidine groups is 1. The number of hydrogen-bond acceptors (Lipinski definition) is 7. The quantitative estimate of drug-likeness (QED) is 0.255. The van der Waals surface area contributed by atoms with Crippen LogP contribution in [-0.2, 0) is 14.3 Å². The third-order valence-corrected chi connectivity index (χ3v) is 7.61. The molecular formula is C31H35N5O5. The Morgan fingerprint density at radius 2 is 1.68 bits per heavy atom. The molecule has 214 valence electrons. The number of nitrogens with two attached hydrogens (primary N) is 1. The highest BCUT2D eigenvalue weighted by atomic mass is 16.6. The fourth-order valence-corrected chi connectivity index (χ4v) is 5.23. The van der Waals surface area contributed by atoms with Crippen LogP contribution in [-0.4, -0.2) is 91.6 Å². The van der Waals surface area contributed by atoms with Gasteiger partial charge in [0.05, 0.1) is 13.2 Å². The molecule has 2 fully saturated rings. The average Bonchev–Trinajstić information content (AvgIpc) is 3.36. The van der Waals surface area contributed by atoms with E-state index in [4.69, 9.17) is 15.2 Å². The molecule has 2 amide bonds. The summed E-state index contributed by atoms with van der Waals surface area (Å²) in [6.45, 7) is 8.17. The van der Waals surface area contributed by atoms with Crippen molar-refractivity contribution >= 4 is 40.3 Å². The van der Waals surface area contributed by atoms with Gasteiger partial charge in [-0.3, -0.25) is 24.3 Å². The van der Waals surface area contributed by atoms with E-state index in [0.29, 0.717) is 36.5 Å². The Kier molecular flexibility index (Phi) is 8.61. The molecular weight excluding hydrogens is 522 g/mol. The summed E-state index contributed by atoms with van der Waals surface area (Å²) >= 11 is 0. The number of amides is 2. The lowest BCUT2D eigenvalue weighted by molar-refractivity contribution is -0.149. The number of hydrogen-bond donors (Lipinski definition) is 1. The standard InChI is InChI=1S/C31H35N5O5/c1-3-40-30(38)21(2)35-16-14-34(15-17-35)19-27-20-36(31(39)41-27)26-12-10-23(11-13-26)28(32)33-29(37)25-9-8-22-6-4-5-7-24(22)18-25/h4-13,18,21,27H,3,14-17,19-20H2,1-2H3,(H2,32,33,37). The van der Waals surface area contributed by atoms with Gasteiger partial charge in [0, 0.05) is 49.5 Å². The predicted molar refractivity (Wildman–Crippen MR) is 157 cm³/mol. The van der Waals surface area contributed by atoms with E-state index < -0.39 is 12.0 Å². The van der Waals surface area contributed by atoms with Crippen molar-refractivity contribution in [3.05, 3.63) is 77.9 Å². The van der Waals surface area contributed by atoms with Gasteiger partial charge in [0.1, 0.15) is 18.0 Å². The number of nitrogens with zero attached hydrogens (tertiary/aromatic N) is 4. The van der Waals surface area contributed by atoms with Crippen LogP contribution >= 0.6 is 0 Å². The maximum atomic E-state index is 12.7. The number of ether oxygens (including phenoxy) is 2. The zero-order chi connectivity index (χ0) is 28.9. The van der Waals surface area contributed by atoms with Gasteiger partial charge in [-0.05, 0) is 61.0 Å². The van der Waals surface area contributed by atoms with Crippen LogP contribution in [0.1, 0.15) is 29.8 Å². The van der Waals surface area contributed by atoms with Gasteiger partial charge < -0.3 is 15.2 Å². The van der Waals surface area contributed by atoms with Crippen LogP contribution in [0.25, 0.3) is 10.8 Å². The van der Waals surface area contributed by atoms with Crippen LogP contribution in [0.2, 0.25) is 0 Å². The summed E-state index contributed by atoms with van der Waals surface area (Å²) in [6.07, 6.45) is -0.659. The highest BCUT2D eigenvalue weighted by Crippen LogP contribution is 2.23. The molecule has 2 saturated heterocycles. The van der Waals surface area contributed by atoms with Gasteiger partial charge in [0.2, 0.25) is 0 Å². The van der Waals surface area contributed by atoms with Crippen molar-refractivity contribution in [2.24, 2.45) is 10.7 Å². The van der Waals surface area contributed by atoms with Gasteiger partial charge in [-0.1, -0.05) is 30.3 Å². The number of piperazine rings is 1. The van der Waals surface area contributed by atoms with Gasteiger partial charge in [0.15, 0.2) is 0 Å². The second-order valence-corrected chi connectivity index (χ2v) is 10.3. The minimum atomic E-state index is -0.417. The number of carbonyl (C=O) groups is 3. The Labute approximate surface area is 239 Å². The summed E-state index contributed by atoms with van der Waals surface area (Å²) in [6, 6.07) is 20.0. The lowest BCUT2D eigenvalue weighted by Crippen LogP contribution is -2.53. The van der Waals surface area contributed by atoms with E-state index in [-0.39, 0.29) is 24.0 Å². The van der Waals surface area contributed by atoms with Gasteiger partial charge in [-0.15, -0.1) is 0 Å². The molecule has 0 aromatic heterocycles. The molecule has 3 aromatic rings. The lowest BCUT2D eigenvalue weighted by atomic mass is 10.1. The number of benzene rings is 3. The molecule has 2 aliphatic heterocycles. The largest absolute Gasteiger partial charge is 0.465 e. The van der Waals surface area contributed by atoms with Gasteiger partial charge in [-0.25, -0.2) is 4.79 Å². The van der Waals surface area contributed by atoms with Crippen molar-refractivity contribution in [3.8, 4) is 0 Å². The smallest absolute Gasteiger partial charge is 0.414 e. The molecule has 2 aliphatic rings. The van der Waals surface area contributed by atoms with Gasteiger partial charge in [0.25, 0.3) is 5.91 Å². The summed E-state index contributed by atoms with van der Waals surface area (Å²) in [5.74, 6) is -0.510. The number of esters is 1. The van der Waals surface area contributed by atoms with E-state index in [1.165, 1.54) is 0 Å². The fraction of sp³-hybridized carbons (Fsp3) is 0.355. The van der Waals surface area contributed by atoms with Crippen LogP contribution in [0.15, 0.2) is 71.7 Å². The zero-order valence-electron chi connectivity index (χ0n) is 23.4. The van der Waals surface area contributed by atoms with E-state index in [1.807, 2.05) is 44.2 Å². The van der Waals surface area contributed by atoms with Crippen molar-refractivity contribution in [2.75, 3.05) is 50.8 Å². The molecule has 10 heteroatoms. The van der Waals surface area contributed by atoms with Crippen LogP contribution in [0, 0.1) is 0 Å². The third kappa shape index (κ3) is 6.55. The van der Waals surface area contributed by atoms with E-state index in [0.717, 1.165) is 37.0 Å². The first-order valence-corrected chi connectivity index (χ1v) is 13.9. The van der Waals surface area contributed by atoms with E-state index in [9.17, 15) is 14.4 Å². The third-order valence-electron chi connectivity index (χ3n) is 7.61. The molecule has 0 radical (unpaired) electrons. The molecule has 5 rings (SSSR count). The summed E-state index contributed by atoms with van der Waals surface area (Å²) in [7, 11) is 0. The van der Waals surface area contributed by atoms with E-state index in [1.54, 1.807) is 41.3 Å². The van der Waals surface area contributed by atoms with Crippen molar-refractivity contribution in [2.45, 2.75) is 26.0 Å². The molecule has 0 saturated carbocycles. The summed E-state index contributed by atoms with van der Waals surface area (Å²) in [5, 5.41) is 2.00. The Morgan fingerprint density at radius 1 is 1.00 bits per heavy atom. The molecule has 0 bridgehead atoms. The number of cyclic esters (lactones) is 1. The monoisotopic (exact) mass is 557 g/mol. The first kappa shape index (κ1) is 28.3. The van der Waals surface area contributed by atoms with Crippen molar-refractivity contribution in [3.63, 3.8) is 0 Å². The Balaban J connectivity index is 1.15. The molecule has 0 aliphatic carbocycles. The Bertz CT molecular complexity index is 1450. The highest BCUT2D eigenvalue weighted by Gasteiger charge is 2.35. The minimum Gasteiger partial charge on any atom is -0.465 e. The van der Waals surface area contributed by atoms with Gasteiger partial charge in [-0.2, -0.15) is 4.99 Å². The molecule has 0 spiro atoms. The zero-order valence-corrected chi connectivity index (χ0v) is 23.4. The maximum absolute atomic E-state index is 12.7. The molecule has 10 nitrogen and oxygen atoms in total. The highest BCUT2D eigenvalue weighted by molar-refractivity contribution is 6.10. The number of anilines is 1. The van der Waals surface area contributed by atoms with Crippen LogP contribution in [0.5, 0.6) is 0 Å². The Hall–Kier alpha value is -4.28. The lowest BCUT2D eigenvalue weighted by Gasteiger charge is -2.37. The first-order chi connectivity index (χ1) is 19.8. The summed E-state index contributed by atoms with van der Waals surface area (Å²) < 4.78 is 10.8. The SMILES string of the molecule is CCOC(=O)C(C)N1CCN(CC2CN(c3ccc(C(N)=NC(=O)c4ccc5ccccc5c4)cc3)C(=O)O2)CC1. The molecule has 3 aromatic carbocycles. The fourth-order valence-electron chi connectivity index (χ4n) is 5.23. The maximum Gasteiger partial charge on any atom is 0.414 e. The first-order valence-electron chi connectivity index (χ1n) is 13.9. The normalized spacial score (nSPS) is 19.3.